The van der Waals surface area contributed by atoms with Crippen molar-refractivity contribution < 1.29 is 0 Å². The zero-order chi connectivity index (χ0) is 12.4. The van der Waals surface area contributed by atoms with Crippen molar-refractivity contribution in [1.29, 1.82) is 0 Å². The summed E-state index contributed by atoms with van der Waals surface area (Å²) in [6.07, 6.45) is 2.66. The van der Waals surface area contributed by atoms with Crippen LogP contribution in [0.3, 0.4) is 0 Å². The molecule has 0 unspecified atom stereocenters. The van der Waals surface area contributed by atoms with Crippen molar-refractivity contribution >= 4 is 0 Å². The molecule has 0 nitrogen and oxygen atoms in total. The summed E-state index contributed by atoms with van der Waals surface area (Å²) in [5, 5.41) is 0. The minimum atomic E-state index is 0.507. The third kappa shape index (κ3) is 29.6. The molecule has 0 aliphatic rings. The van der Waals surface area contributed by atoms with Crippen LogP contribution in [0.1, 0.15) is 82.1 Å². The highest BCUT2D eigenvalue weighted by Crippen LogP contribution is 2.29. The van der Waals surface area contributed by atoms with Crippen molar-refractivity contribution in [2.75, 3.05) is 0 Å². The number of rotatable bonds is 1. The highest BCUT2D eigenvalue weighted by atomic mass is 14.2. The Labute approximate surface area is 93.5 Å². The molecule has 90 valence electrons. The fraction of sp³-hybridized carbons (Fsp3) is 1.00. The van der Waals surface area contributed by atoms with E-state index >= 15 is 0 Å². The van der Waals surface area contributed by atoms with E-state index in [-0.39, 0.29) is 0 Å². The highest BCUT2D eigenvalue weighted by Gasteiger charge is 2.16. The summed E-state index contributed by atoms with van der Waals surface area (Å²) in [6, 6.07) is 0. The van der Waals surface area contributed by atoms with Crippen LogP contribution >= 0.6 is 0 Å². The van der Waals surface area contributed by atoms with E-state index in [0.29, 0.717) is 10.8 Å². The van der Waals surface area contributed by atoms with Gasteiger partial charge in [0.2, 0.25) is 0 Å². The Morgan fingerprint density at radius 3 is 0.714 bits per heavy atom. The van der Waals surface area contributed by atoms with Crippen LogP contribution in [-0.2, 0) is 0 Å². The molecule has 0 aliphatic carbocycles. The molecule has 0 atom stereocenters. The third-order valence-corrected chi connectivity index (χ3v) is 1.62. The summed E-state index contributed by atoms with van der Waals surface area (Å²) < 4.78 is 0. The maximum absolute atomic E-state index is 2.30. The van der Waals surface area contributed by atoms with Gasteiger partial charge in [-0.2, -0.15) is 0 Å². The van der Waals surface area contributed by atoms with Crippen LogP contribution in [0.15, 0.2) is 0 Å². The lowest BCUT2D eigenvalue weighted by Crippen LogP contribution is -2.12. The first kappa shape index (κ1) is 19.6. The van der Waals surface area contributed by atoms with E-state index in [0.717, 1.165) is 0 Å². The maximum atomic E-state index is 2.30. The topological polar surface area (TPSA) is 0 Å². The molecule has 0 heterocycles. The van der Waals surface area contributed by atoms with Gasteiger partial charge in [-0.05, 0) is 23.7 Å². The molecule has 0 saturated heterocycles. The zero-order valence-corrected chi connectivity index (χ0v) is 12.4. The Morgan fingerprint density at radius 2 is 0.643 bits per heavy atom. The molecule has 0 amide bonds. The smallest absolute Gasteiger partial charge is 0.0382 e. The molecule has 0 rings (SSSR count). The SMILES string of the molecule is CC.CC.CC(C)(C)CCC(C)(C)C. The van der Waals surface area contributed by atoms with Gasteiger partial charge >= 0.3 is 0 Å². The molecule has 0 radical (unpaired) electrons. The predicted molar refractivity (Wildman–Crippen MR) is 70.8 cm³/mol. The first-order valence-electron chi connectivity index (χ1n) is 6.21. The van der Waals surface area contributed by atoms with E-state index in [4.69, 9.17) is 0 Å². The normalized spacial score (nSPS) is 10.7. The monoisotopic (exact) mass is 202 g/mol. The summed E-state index contributed by atoms with van der Waals surface area (Å²) in [4.78, 5) is 0. The minimum Gasteiger partial charge on any atom is -0.0683 e. The van der Waals surface area contributed by atoms with Gasteiger partial charge in [0.25, 0.3) is 0 Å². The Morgan fingerprint density at radius 1 is 0.500 bits per heavy atom. The van der Waals surface area contributed by atoms with Crippen molar-refractivity contribution in [3.8, 4) is 0 Å². The van der Waals surface area contributed by atoms with Crippen molar-refractivity contribution in [3.63, 3.8) is 0 Å². The number of hydrogen-bond donors (Lipinski definition) is 0. The lowest BCUT2D eigenvalue weighted by Gasteiger charge is -2.24. The van der Waals surface area contributed by atoms with Crippen LogP contribution in [0.25, 0.3) is 0 Å². The Bertz CT molecular complexity index is 73.6. The van der Waals surface area contributed by atoms with E-state index in [1.807, 2.05) is 27.7 Å². The van der Waals surface area contributed by atoms with Crippen LogP contribution in [0.5, 0.6) is 0 Å². The van der Waals surface area contributed by atoms with Gasteiger partial charge in [0.05, 0.1) is 0 Å². The van der Waals surface area contributed by atoms with Gasteiger partial charge in [0, 0.05) is 0 Å². The Balaban J connectivity index is -0.000000266. The minimum absolute atomic E-state index is 0.507. The molecule has 0 aliphatic heterocycles. The summed E-state index contributed by atoms with van der Waals surface area (Å²) >= 11 is 0. The Kier molecular flexibility index (Phi) is 13.3. The van der Waals surface area contributed by atoms with Gasteiger partial charge in [-0.1, -0.05) is 69.2 Å². The molecule has 0 bridgehead atoms. The summed E-state index contributed by atoms with van der Waals surface area (Å²) in [5.41, 5.74) is 1.01. The van der Waals surface area contributed by atoms with Crippen molar-refractivity contribution in [2.45, 2.75) is 82.1 Å². The largest absolute Gasteiger partial charge is 0.0683 e. The molecular weight excluding hydrogens is 168 g/mol. The number of hydrogen-bond acceptors (Lipinski definition) is 0. The van der Waals surface area contributed by atoms with Crippen LogP contribution in [-0.4, -0.2) is 0 Å². The van der Waals surface area contributed by atoms with Gasteiger partial charge in [-0.25, -0.2) is 0 Å². The van der Waals surface area contributed by atoms with Gasteiger partial charge in [-0.3, -0.25) is 0 Å². The fourth-order valence-electron chi connectivity index (χ4n) is 0.750. The Hall–Kier alpha value is 0. The molecule has 0 saturated carbocycles. The van der Waals surface area contributed by atoms with Crippen LogP contribution in [0.4, 0.5) is 0 Å². The predicted octanol–water partition coefficient (Wildman–Crippen LogP) is 5.91. The summed E-state index contributed by atoms with van der Waals surface area (Å²) in [7, 11) is 0. The second-order valence-electron chi connectivity index (χ2n) is 5.62. The van der Waals surface area contributed by atoms with E-state index in [9.17, 15) is 0 Å². The fourth-order valence-corrected chi connectivity index (χ4v) is 0.750. The van der Waals surface area contributed by atoms with Crippen molar-refractivity contribution in [1.82, 2.24) is 0 Å². The zero-order valence-electron chi connectivity index (χ0n) is 12.4. The van der Waals surface area contributed by atoms with E-state index < -0.39 is 0 Å². The van der Waals surface area contributed by atoms with Crippen molar-refractivity contribution in [3.05, 3.63) is 0 Å². The molecule has 14 heavy (non-hydrogen) atoms. The molecule has 0 fully saturated rings. The first-order valence-corrected chi connectivity index (χ1v) is 6.21. The lowest BCUT2D eigenvalue weighted by atomic mass is 9.81. The standard InChI is InChI=1S/C10H22.2C2H6/c1-9(2,3)7-8-10(4,5)6;2*1-2/h7-8H2,1-6H3;2*1-2H3. The molecule has 0 aromatic rings. The van der Waals surface area contributed by atoms with Crippen molar-refractivity contribution in [2.24, 2.45) is 10.8 Å². The van der Waals surface area contributed by atoms with Gasteiger partial charge < -0.3 is 0 Å². The second-order valence-corrected chi connectivity index (χ2v) is 5.62. The molecule has 0 heteroatoms. The molecule has 0 N–H and O–H groups in total. The van der Waals surface area contributed by atoms with Gasteiger partial charge in [0.1, 0.15) is 0 Å². The first-order chi connectivity index (χ1) is 6.21. The van der Waals surface area contributed by atoms with Gasteiger partial charge in [-0.15, -0.1) is 0 Å². The quantitative estimate of drug-likeness (QED) is 0.496. The molecule has 0 spiro atoms. The maximum Gasteiger partial charge on any atom is -0.0382 e. The molecule has 0 aromatic carbocycles. The summed E-state index contributed by atoms with van der Waals surface area (Å²) in [6.45, 7) is 21.8. The van der Waals surface area contributed by atoms with Gasteiger partial charge in [0.15, 0.2) is 0 Å². The molecular formula is C14H34. The average molecular weight is 202 g/mol. The van der Waals surface area contributed by atoms with Crippen LogP contribution in [0.2, 0.25) is 0 Å². The lowest BCUT2D eigenvalue weighted by molar-refractivity contribution is 0.275. The van der Waals surface area contributed by atoms with E-state index in [2.05, 4.69) is 41.5 Å². The average Bonchev–Trinajstić information content (AvgIpc) is 2.06. The molecule has 0 aromatic heterocycles. The highest BCUT2D eigenvalue weighted by molar-refractivity contribution is 4.68. The van der Waals surface area contributed by atoms with E-state index in [1.165, 1.54) is 12.8 Å². The van der Waals surface area contributed by atoms with Crippen LogP contribution < -0.4 is 0 Å². The second kappa shape index (κ2) is 9.55. The third-order valence-electron chi connectivity index (χ3n) is 1.62. The van der Waals surface area contributed by atoms with Crippen LogP contribution in [0, 0.1) is 10.8 Å². The van der Waals surface area contributed by atoms with E-state index in [1.54, 1.807) is 0 Å². The summed E-state index contributed by atoms with van der Waals surface area (Å²) in [5.74, 6) is 0.